The molecule has 0 fully saturated rings. The zero-order valence-electron chi connectivity index (χ0n) is 24.3. The zero-order valence-corrected chi connectivity index (χ0v) is 26.7. The lowest BCUT2D eigenvalue weighted by molar-refractivity contribution is -0.0183. The molecule has 15 heteroatoms. The number of unbranched alkanes of at least 4 members (excludes halogenated alkanes) is 1. The molecule has 2 atom stereocenters. The van der Waals surface area contributed by atoms with E-state index in [-0.39, 0.29) is 21.3 Å². The van der Waals surface area contributed by atoms with Gasteiger partial charge < -0.3 is 15.3 Å². The molecular weight excluding hydrogens is 624 g/mol. The van der Waals surface area contributed by atoms with Gasteiger partial charge in [0.05, 0.1) is 27.4 Å². The van der Waals surface area contributed by atoms with Gasteiger partial charge in [-0.3, -0.25) is 13.7 Å². The van der Waals surface area contributed by atoms with Gasteiger partial charge in [-0.15, -0.1) is 0 Å². The third kappa shape index (κ3) is 17.9. The molecule has 2 unspecified atom stereocenters. The Morgan fingerprint density at radius 2 is 0.791 bits per heavy atom. The van der Waals surface area contributed by atoms with Gasteiger partial charge in [-0.05, 0) is 63.6 Å². The maximum atomic E-state index is 10.5. The quantitative estimate of drug-likeness (QED) is 0.190. The van der Waals surface area contributed by atoms with Crippen LogP contribution in [0.15, 0.2) is 87.5 Å². The van der Waals surface area contributed by atoms with Gasteiger partial charge in [-0.1, -0.05) is 72.9 Å². The molecule has 0 saturated carbocycles. The fraction of sp³-hybridized carbons (Fsp3) is 0.357. The Labute approximate surface area is 253 Å². The second-order valence-corrected chi connectivity index (χ2v) is 13.6. The van der Waals surface area contributed by atoms with Crippen LogP contribution in [0, 0.1) is 20.8 Å². The van der Waals surface area contributed by atoms with Crippen molar-refractivity contribution in [2.45, 2.75) is 73.9 Å². The molecule has 3 aromatic rings. The molecule has 0 aliphatic rings. The summed E-state index contributed by atoms with van der Waals surface area (Å²) in [6.07, 6.45) is 0.725. The number of rotatable bonds is 8. The average Bonchev–Trinajstić information content (AvgIpc) is 2.91. The number of benzene rings is 3. The van der Waals surface area contributed by atoms with Crippen molar-refractivity contribution in [1.29, 1.82) is 0 Å². The Balaban J connectivity index is 0.000000548. The van der Waals surface area contributed by atoms with Crippen LogP contribution in [0.3, 0.4) is 0 Å². The van der Waals surface area contributed by atoms with Crippen LogP contribution in [0.25, 0.3) is 0 Å². The lowest BCUT2D eigenvalue weighted by Gasteiger charge is -2.14. The summed E-state index contributed by atoms with van der Waals surface area (Å²) in [6, 6.07) is 18.0. The summed E-state index contributed by atoms with van der Waals surface area (Å²) in [5.41, 5.74) is 2.87. The van der Waals surface area contributed by atoms with E-state index in [1.54, 1.807) is 36.4 Å². The molecule has 0 radical (unpaired) electrons. The summed E-state index contributed by atoms with van der Waals surface area (Å²) in [7, 11) is -12.1. The summed E-state index contributed by atoms with van der Waals surface area (Å²) in [5.74, 6) is 0. The monoisotopic (exact) mass is 664 g/mol. The second-order valence-electron chi connectivity index (χ2n) is 9.32. The van der Waals surface area contributed by atoms with E-state index in [1.807, 2.05) is 27.7 Å². The first kappa shape index (κ1) is 40.3. The van der Waals surface area contributed by atoms with Crippen LogP contribution in [-0.2, 0) is 30.4 Å². The van der Waals surface area contributed by atoms with E-state index >= 15 is 0 Å². The minimum absolute atomic E-state index is 0.0666. The molecular formula is C28H40O12S3. The first-order valence-electron chi connectivity index (χ1n) is 12.8. The van der Waals surface area contributed by atoms with Gasteiger partial charge in [-0.2, -0.15) is 25.3 Å². The van der Waals surface area contributed by atoms with E-state index in [0.717, 1.165) is 29.5 Å². The predicted octanol–water partition coefficient (Wildman–Crippen LogP) is 3.62. The lowest BCUT2D eigenvalue weighted by atomic mass is 10.1. The van der Waals surface area contributed by atoms with Crippen molar-refractivity contribution in [3.05, 3.63) is 89.5 Å². The number of hydrogen-bond acceptors (Lipinski definition) is 9. The molecule has 6 N–H and O–H groups in total. The SMILES string of the molecule is CCCCC(O)C(O)CO.Cc1ccc(S(=O)(=O)O)cc1.Cc1ccc(S(=O)(=O)O)cc1.Cc1ccc(S(=O)(=O)O)cc1. The van der Waals surface area contributed by atoms with Crippen LogP contribution in [0.1, 0.15) is 42.9 Å². The molecule has 0 bridgehead atoms. The molecule has 0 aliphatic carbocycles. The van der Waals surface area contributed by atoms with Crippen molar-refractivity contribution in [1.82, 2.24) is 0 Å². The Kier molecular flexibility index (Phi) is 17.6. The van der Waals surface area contributed by atoms with Gasteiger partial charge in [0.15, 0.2) is 0 Å². The third-order valence-electron chi connectivity index (χ3n) is 5.44. The first-order chi connectivity index (χ1) is 19.7. The second kappa shape index (κ2) is 18.8. The van der Waals surface area contributed by atoms with E-state index in [4.69, 9.17) is 29.0 Å². The third-order valence-corrected chi connectivity index (χ3v) is 8.04. The van der Waals surface area contributed by atoms with Crippen molar-refractivity contribution < 1.29 is 54.2 Å². The number of aryl methyl sites for hydroxylation is 3. The molecule has 43 heavy (non-hydrogen) atoms. The van der Waals surface area contributed by atoms with Gasteiger partial charge in [0.1, 0.15) is 6.10 Å². The lowest BCUT2D eigenvalue weighted by Crippen LogP contribution is -2.28. The molecule has 0 aromatic heterocycles. The molecule has 0 saturated heterocycles. The normalized spacial score (nSPS) is 12.7. The van der Waals surface area contributed by atoms with Gasteiger partial charge in [0, 0.05) is 0 Å². The maximum absolute atomic E-state index is 10.5. The Morgan fingerprint density at radius 3 is 0.977 bits per heavy atom. The van der Waals surface area contributed by atoms with Crippen molar-refractivity contribution in [3.63, 3.8) is 0 Å². The van der Waals surface area contributed by atoms with Crippen molar-refractivity contribution in [2.75, 3.05) is 6.61 Å². The van der Waals surface area contributed by atoms with Crippen LogP contribution in [0.5, 0.6) is 0 Å². The number of aliphatic hydroxyl groups is 3. The predicted molar refractivity (Wildman–Crippen MR) is 162 cm³/mol. The minimum atomic E-state index is -4.02. The van der Waals surface area contributed by atoms with Crippen LogP contribution in [-0.4, -0.2) is 73.0 Å². The smallest absolute Gasteiger partial charge is 0.294 e. The van der Waals surface area contributed by atoms with Crippen molar-refractivity contribution in [2.24, 2.45) is 0 Å². The Morgan fingerprint density at radius 1 is 0.535 bits per heavy atom. The standard InChI is InChI=1S/3C7H8O3S.C7H16O3/c3*1-6-2-4-7(5-3-6)11(8,9)10;1-2-3-4-6(9)7(10)5-8/h3*2-5H,1H3,(H,8,9,10);6-10H,2-5H2,1H3. The molecule has 3 rings (SSSR count). The molecule has 12 nitrogen and oxygen atoms in total. The van der Waals surface area contributed by atoms with Gasteiger partial charge in [-0.25, -0.2) is 0 Å². The number of aliphatic hydroxyl groups excluding tert-OH is 3. The summed E-state index contributed by atoms with van der Waals surface area (Å²) in [5, 5.41) is 26.3. The first-order valence-corrected chi connectivity index (χ1v) is 17.1. The highest BCUT2D eigenvalue weighted by atomic mass is 32.2. The minimum Gasteiger partial charge on any atom is -0.394 e. The zero-order chi connectivity index (χ0) is 33.4. The Hall–Kier alpha value is -2.73. The molecule has 0 spiro atoms. The number of hydrogen-bond donors (Lipinski definition) is 6. The fourth-order valence-electron chi connectivity index (χ4n) is 2.86. The molecule has 242 valence electrons. The van der Waals surface area contributed by atoms with Crippen LogP contribution in [0.4, 0.5) is 0 Å². The van der Waals surface area contributed by atoms with Gasteiger partial charge in [0.25, 0.3) is 30.4 Å². The van der Waals surface area contributed by atoms with Crippen LogP contribution >= 0.6 is 0 Å². The Bertz CT molecular complexity index is 1360. The van der Waals surface area contributed by atoms with E-state index in [9.17, 15) is 25.3 Å². The summed E-state index contributed by atoms with van der Waals surface area (Å²) < 4.78 is 88.7. The van der Waals surface area contributed by atoms with E-state index in [1.165, 1.54) is 36.4 Å². The molecule has 0 amide bonds. The van der Waals surface area contributed by atoms with Crippen molar-refractivity contribution in [3.8, 4) is 0 Å². The van der Waals surface area contributed by atoms with Crippen molar-refractivity contribution >= 4 is 30.4 Å². The van der Waals surface area contributed by atoms with E-state index in [0.29, 0.717) is 6.42 Å². The summed E-state index contributed by atoms with van der Waals surface area (Å²) in [6.45, 7) is 7.18. The van der Waals surface area contributed by atoms with Gasteiger partial charge >= 0.3 is 0 Å². The average molecular weight is 665 g/mol. The van der Waals surface area contributed by atoms with E-state index < -0.39 is 42.6 Å². The fourth-order valence-corrected chi connectivity index (χ4v) is 4.30. The molecule has 0 aliphatic heterocycles. The van der Waals surface area contributed by atoms with Crippen LogP contribution < -0.4 is 0 Å². The highest BCUT2D eigenvalue weighted by Gasteiger charge is 2.13. The van der Waals surface area contributed by atoms with Gasteiger partial charge in [0.2, 0.25) is 0 Å². The summed E-state index contributed by atoms with van der Waals surface area (Å²) >= 11 is 0. The maximum Gasteiger partial charge on any atom is 0.294 e. The highest BCUT2D eigenvalue weighted by Crippen LogP contribution is 2.10. The largest absolute Gasteiger partial charge is 0.394 e. The topological polar surface area (TPSA) is 224 Å². The molecule has 0 heterocycles. The summed E-state index contributed by atoms with van der Waals surface area (Å²) in [4.78, 5) is -0.200. The van der Waals surface area contributed by atoms with Crippen LogP contribution in [0.2, 0.25) is 0 Å². The molecule has 3 aromatic carbocycles. The highest BCUT2D eigenvalue weighted by molar-refractivity contribution is 7.86. The van der Waals surface area contributed by atoms with E-state index in [2.05, 4.69) is 0 Å².